The van der Waals surface area contributed by atoms with Crippen LogP contribution in [0.2, 0.25) is 0 Å². The molecule has 26 heavy (non-hydrogen) atoms. The largest absolute Gasteiger partial charge is 0.478 e. The van der Waals surface area contributed by atoms with E-state index >= 15 is 0 Å². The number of furan rings is 1. The minimum absolute atomic E-state index is 0.148. The van der Waals surface area contributed by atoms with Crippen molar-refractivity contribution in [3.05, 3.63) is 54.8 Å². The van der Waals surface area contributed by atoms with E-state index in [4.69, 9.17) is 9.52 Å². The van der Waals surface area contributed by atoms with Gasteiger partial charge in [-0.25, -0.2) is 9.79 Å². The Kier molecular flexibility index (Phi) is 5.88. The number of carbonyl (C=O) groups is 2. The second kappa shape index (κ2) is 7.97. The Labute approximate surface area is 175 Å². The molecule has 1 aliphatic rings. The van der Waals surface area contributed by atoms with Crippen LogP contribution in [-0.4, -0.2) is 33.6 Å². The van der Waals surface area contributed by atoms with Gasteiger partial charge in [-0.1, -0.05) is 6.07 Å². The van der Waals surface area contributed by atoms with E-state index in [0.717, 1.165) is 3.57 Å². The molecule has 134 valence electrons. The zero-order valence-corrected chi connectivity index (χ0v) is 18.0. The first-order chi connectivity index (χ1) is 12.4. The van der Waals surface area contributed by atoms with Crippen molar-refractivity contribution in [2.24, 2.45) is 4.99 Å². The molecule has 1 fully saturated rings. The van der Waals surface area contributed by atoms with Crippen molar-refractivity contribution in [3.8, 4) is 0 Å². The number of rotatable bonds is 4. The molecule has 0 atom stereocenters. The number of likely N-dealkylation sites (N-methyl/N-ethyl adjacent to an activating group) is 1. The minimum Gasteiger partial charge on any atom is -0.478 e. The summed E-state index contributed by atoms with van der Waals surface area (Å²) in [4.78, 5) is 30.2. The number of carbonyl (C=O) groups excluding carboxylic acids is 1. The van der Waals surface area contributed by atoms with Crippen molar-refractivity contribution in [2.45, 2.75) is 6.92 Å². The molecule has 1 aromatic carbocycles. The molecule has 9 heteroatoms. The van der Waals surface area contributed by atoms with E-state index < -0.39 is 5.97 Å². The number of carboxylic acids is 1. The maximum atomic E-state index is 12.6. The van der Waals surface area contributed by atoms with Crippen molar-refractivity contribution < 1.29 is 19.1 Å². The molecule has 0 spiro atoms. The number of thioether (sulfide) groups is 1. The molecule has 2 heterocycles. The first-order valence-electron chi connectivity index (χ1n) is 7.47. The van der Waals surface area contributed by atoms with Gasteiger partial charge in [-0.15, -0.1) is 0 Å². The lowest BCUT2D eigenvalue weighted by Gasteiger charge is -2.12. The minimum atomic E-state index is -1.02. The summed E-state index contributed by atoms with van der Waals surface area (Å²) in [6, 6.07) is 8.12. The number of aromatic carboxylic acids is 1. The molecule has 0 aliphatic carbocycles. The van der Waals surface area contributed by atoms with Crippen molar-refractivity contribution in [3.63, 3.8) is 0 Å². The second-order valence-corrected chi connectivity index (χ2v) is 8.07. The lowest BCUT2D eigenvalue weighted by Crippen LogP contribution is -2.28. The Hall–Kier alpha value is -1.59. The second-order valence-electron chi connectivity index (χ2n) is 5.18. The molecule has 1 aliphatic heterocycles. The van der Waals surface area contributed by atoms with E-state index in [1.165, 1.54) is 23.9 Å². The molecule has 0 radical (unpaired) electrons. The van der Waals surface area contributed by atoms with E-state index in [1.807, 2.05) is 13.0 Å². The van der Waals surface area contributed by atoms with Gasteiger partial charge < -0.3 is 9.52 Å². The number of hydrogen-bond donors (Lipinski definition) is 1. The monoisotopic (exact) mass is 546 g/mol. The highest BCUT2D eigenvalue weighted by molar-refractivity contribution is 14.1. The first-order valence-corrected chi connectivity index (χ1v) is 10.2. The number of hydrogen-bond acceptors (Lipinski definition) is 5. The van der Waals surface area contributed by atoms with Gasteiger partial charge >= 0.3 is 5.97 Å². The van der Waals surface area contributed by atoms with Gasteiger partial charge in [-0.3, -0.25) is 9.69 Å². The summed E-state index contributed by atoms with van der Waals surface area (Å²) >= 11 is 6.67. The van der Waals surface area contributed by atoms with E-state index in [2.05, 4.69) is 43.5 Å². The highest BCUT2D eigenvalue weighted by Gasteiger charge is 2.32. The fraction of sp³-hybridized carbons (Fsp3) is 0.118. The number of amides is 1. The normalized spacial score (nSPS) is 17.5. The van der Waals surface area contributed by atoms with Crippen LogP contribution >= 0.6 is 50.3 Å². The predicted octanol–water partition coefficient (Wildman–Crippen LogP) is 4.97. The number of benzene rings is 1. The van der Waals surface area contributed by atoms with Gasteiger partial charge in [-0.2, -0.15) is 0 Å². The van der Waals surface area contributed by atoms with E-state index in [-0.39, 0.29) is 11.5 Å². The van der Waals surface area contributed by atoms with Crippen LogP contribution in [0.4, 0.5) is 5.69 Å². The van der Waals surface area contributed by atoms with Crippen LogP contribution in [0.25, 0.3) is 6.08 Å². The summed E-state index contributed by atoms with van der Waals surface area (Å²) in [5.74, 6) is -0.608. The molecule has 2 aromatic rings. The van der Waals surface area contributed by atoms with Crippen LogP contribution in [0.1, 0.15) is 23.0 Å². The Morgan fingerprint density at radius 2 is 2.23 bits per heavy atom. The molecule has 3 rings (SSSR count). The van der Waals surface area contributed by atoms with Crippen molar-refractivity contribution >= 4 is 79.1 Å². The van der Waals surface area contributed by atoms with Gasteiger partial charge in [0.25, 0.3) is 5.91 Å². The molecular formula is C17H12BrIN2O4S. The van der Waals surface area contributed by atoms with Crippen molar-refractivity contribution in [1.82, 2.24) is 4.90 Å². The Bertz CT molecular complexity index is 934. The molecule has 0 saturated carbocycles. The molecule has 0 bridgehead atoms. The molecule has 1 saturated heterocycles. The summed E-state index contributed by atoms with van der Waals surface area (Å²) < 4.78 is 7.06. The molecule has 6 nitrogen and oxygen atoms in total. The zero-order chi connectivity index (χ0) is 18.8. The fourth-order valence-corrected chi connectivity index (χ4v) is 4.01. The number of carboxylic acid groups (broad SMARTS) is 1. The van der Waals surface area contributed by atoms with Crippen LogP contribution in [0.5, 0.6) is 0 Å². The lowest BCUT2D eigenvalue weighted by atomic mass is 10.2. The highest BCUT2D eigenvalue weighted by Crippen LogP contribution is 2.35. The molecular weight excluding hydrogens is 535 g/mol. The quantitative estimate of drug-likeness (QED) is 0.432. The highest BCUT2D eigenvalue weighted by atomic mass is 127. The summed E-state index contributed by atoms with van der Waals surface area (Å²) in [5.41, 5.74) is 0.630. The zero-order valence-electron chi connectivity index (χ0n) is 13.4. The average molecular weight is 547 g/mol. The maximum absolute atomic E-state index is 12.6. The van der Waals surface area contributed by atoms with Gasteiger partial charge in [0.15, 0.2) is 9.84 Å². The Morgan fingerprint density at radius 3 is 2.85 bits per heavy atom. The molecule has 1 aromatic heterocycles. The third kappa shape index (κ3) is 4.04. The topological polar surface area (TPSA) is 83.1 Å². The lowest BCUT2D eigenvalue weighted by molar-refractivity contribution is -0.122. The smallest absolute Gasteiger partial charge is 0.335 e. The summed E-state index contributed by atoms with van der Waals surface area (Å²) in [7, 11) is 0. The van der Waals surface area contributed by atoms with Crippen molar-refractivity contribution in [2.75, 3.05) is 6.54 Å². The number of amidine groups is 1. The average Bonchev–Trinajstić information content (AvgIpc) is 3.07. The van der Waals surface area contributed by atoms with Gasteiger partial charge in [0.1, 0.15) is 5.76 Å². The van der Waals surface area contributed by atoms with E-state index in [9.17, 15) is 9.59 Å². The summed E-state index contributed by atoms with van der Waals surface area (Å²) in [5, 5.41) is 9.60. The van der Waals surface area contributed by atoms with Gasteiger partial charge in [-0.05, 0) is 81.5 Å². The van der Waals surface area contributed by atoms with Crippen LogP contribution in [0.3, 0.4) is 0 Å². The fourth-order valence-electron chi connectivity index (χ4n) is 2.25. The standard InChI is InChI=1S/C17H12BrIN2O4S/c1-2-21-15(22)13(8-11-7-12(19)14(18)25-11)26-17(21)20-10-5-3-4-9(6-10)16(23)24/h3-8H,2H2,1H3,(H,23,24). The Morgan fingerprint density at radius 1 is 1.46 bits per heavy atom. The van der Waals surface area contributed by atoms with Gasteiger partial charge in [0.2, 0.25) is 0 Å². The number of nitrogens with zero attached hydrogens (tertiary/aromatic N) is 2. The van der Waals surface area contributed by atoms with Crippen LogP contribution in [-0.2, 0) is 4.79 Å². The van der Waals surface area contributed by atoms with Crippen molar-refractivity contribution in [1.29, 1.82) is 0 Å². The van der Waals surface area contributed by atoms with Gasteiger partial charge in [0.05, 0.1) is 19.7 Å². The van der Waals surface area contributed by atoms with Crippen LogP contribution in [0.15, 0.2) is 49.3 Å². The third-order valence-electron chi connectivity index (χ3n) is 3.46. The van der Waals surface area contributed by atoms with Crippen LogP contribution < -0.4 is 0 Å². The maximum Gasteiger partial charge on any atom is 0.335 e. The molecule has 1 amide bonds. The third-order valence-corrected chi connectivity index (χ3v) is 6.60. The van der Waals surface area contributed by atoms with Gasteiger partial charge in [0, 0.05) is 12.6 Å². The number of halogens is 2. The Balaban J connectivity index is 1.94. The molecule has 0 unspecified atom stereocenters. The van der Waals surface area contributed by atoms with E-state index in [1.54, 1.807) is 23.1 Å². The summed E-state index contributed by atoms with van der Waals surface area (Å²) in [6.45, 7) is 2.32. The van der Waals surface area contributed by atoms with E-state index in [0.29, 0.717) is 32.7 Å². The van der Waals surface area contributed by atoms with Crippen LogP contribution in [0, 0.1) is 3.57 Å². The number of aliphatic imine (C=N–C) groups is 1. The molecule has 1 N–H and O–H groups in total. The SMILES string of the molecule is CCN1C(=O)C(=Cc2cc(I)c(Br)o2)SC1=Nc1cccc(C(=O)O)c1. The predicted molar refractivity (Wildman–Crippen MR) is 113 cm³/mol. The first kappa shape index (κ1) is 19.2. The summed E-state index contributed by atoms with van der Waals surface area (Å²) in [6.07, 6.45) is 1.68.